The van der Waals surface area contributed by atoms with E-state index in [-0.39, 0.29) is 5.54 Å². The van der Waals surface area contributed by atoms with Crippen molar-refractivity contribution in [2.45, 2.75) is 51.9 Å². The first kappa shape index (κ1) is 11.6. The van der Waals surface area contributed by atoms with Gasteiger partial charge in [0.15, 0.2) is 0 Å². The smallest absolute Gasteiger partial charge is 0.0353 e. The highest BCUT2D eigenvalue weighted by molar-refractivity contribution is 6.56. The van der Waals surface area contributed by atoms with Gasteiger partial charge < -0.3 is 5.32 Å². The average Bonchev–Trinajstić information content (AvgIpc) is 2.32. The molecule has 0 saturated heterocycles. The van der Waals surface area contributed by atoms with Crippen molar-refractivity contribution in [1.29, 1.82) is 0 Å². The van der Waals surface area contributed by atoms with Crippen LogP contribution >= 0.6 is 0 Å². The summed E-state index contributed by atoms with van der Waals surface area (Å²) in [6.07, 6.45) is 5.81. The molecule has 0 aromatic heterocycles. The summed E-state index contributed by atoms with van der Waals surface area (Å²) in [5, 5.41) is 3.59. The lowest BCUT2D eigenvalue weighted by Gasteiger charge is -2.25. The third kappa shape index (κ3) is 3.70. The van der Waals surface area contributed by atoms with Crippen LogP contribution in [0.15, 0.2) is 23.4 Å². The van der Waals surface area contributed by atoms with Gasteiger partial charge >= 0.3 is 0 Å². The molecular formula is C12H23NSi. The largest absolute Gasteiger partial charge is 0.380 e. The fourth-order valence-corrected chi connectivity index (χ4v) is 2.99. The highest BCUT2D eigenvalue weighted by Gasteiger charge is 2.17. The summed E-state index contributed by atoms with van der Waals surface area (Å²) in [5.41, 5.74) is 3.13. The second-order valence-electron chi connectivity index (χ2n) is 5.56. The Kier molecular flexibility index (Phi) is 3.59. The van der Waals surface area contributed by atoms with Gasteiger partial charge in [-0.05, 0) is 38.8 Å². The molecule has 0 spiro atoms. The van der Waals surface area contributed by atoms with Crippen molar-refractivity contribution in [2.75, 3.05) is 0 Å². The average molecular weight is 209 g/mol. The molecule has 0 aromatic rings. The summed E-state index contributed by atoms with van der Waals surface area (Å²) in [7, 11) is -0.479. The van der Waals surface area contributed by atoms with Crippen LogP contribution in [0.4, 0.5) is 0 Å². The number of rotatable bonds is 3. The van der Waals surface area contributed by atoms with Gasteiger partial charge in [-0.25, -0.2) is 0 Å². The molecule has 0 aromatic carbocycles. The molecular weight excluding hydrogens is 186 g/mol. The molecule has 0 radical (unpaired) electrons. The predicted octanol–water partition coefficient (Wildman–Crippen LogP) is 3.08. The summed E-state index contributed by atoms with van der Waals surface area (Å²) in [6, 6.07) is 1.33. The van der Waals surface area contributed by atoms with Crippen LogP contribution < -0.4 is 5.32 Å². The van der Waals surface area contributed by atoms with Crippen LogP contribution in [-0.2, 0) is 0 Å². The highest BCUT2D eigenvalue weighted by atomic mass is 28.3. The molecule has 0 amide bonds. The number of nitrogens with one attached hydrogen (secondary N) is 1. The maximum Gasteiger partial charge on any atom is 0.0353 e. The van der Waals surface area contributed by atoms with Crippen LogP contribution in [-0.4, -0.2) is 14.3 Å². The molecule has 1 N–H and O–H groups in total. The molecule has 1 nitrogen and oxygen atoms in total. The second kappa shape index (κ2) is 4.35. The maximum atomic E-state index is 3.59. The molecule has 0 heterocycles. The molecule has 1 aliphatic rings. The van der Waals surface area contributed by atoms with Crippen molar-refractivity contribution in [3.63, 3.8) is 0 Å². The summed E-state index contributed by atoms with van der Waals surface area (Å²) in [5.74, 6) is 0. The van der Waals surface area contributed by atoms with Crippen LogP contribution in [0.2, 0.25) is 19.1 Å². The Bertz CT molecular complexity index is 256. The van der Waals surface area contributed by atoms with Gasteiger partial charge in [0.2, 0.25) is 0 Å². The van der Waals surface area contributed by atoms with Gasteiger partial charge in [-0.3, -0.25) is 0 Å². The van der Waals surface area contributed by atoms with Crippen molar-refractivity contribution in [3.8, 4) is 0 Å². The summed E-state index contributed by atoms with van der Waals surface area (Å²) < 4.78 is 0. The Morgan fingerprint density at radius 2 is 1.93 bits per heavy atom. The molecule has 2 heteroatoms. The Labute approximate surface area is 89.9 Å². The second-order valence-corrected chi connectivity index (χ2v) is 8.75. The fourth-order valence-electron chi connectivity index (χ4n) is 1.73. The van der Waals surface area contributed by atoms with E-state index in [0.717, 1.165) is 6.42 Å². The van der Waals surface area contributed by atoms with Crippen molar-refractivity contribution >= 4 is 8.80 Å². The Morgan fingerprint density at radius 3 is 2.43 bits per heavy atom. The fraction of sp³-hybridized carbons (Fsp3) is 0.667. The summed E-state index contributed by atoms with van der Waals surface area (Å²) in [6.45, 7) is 11.5. The van der Waals surface area contributed by atoms with E-state index in [2.05, 4.69) is 51.3 Å². The third-order valence-corrected chi connectivity index (χ3v) is 3.43. The monoisotopic (exact) mass is 209 g/mol. The lowest BCUT2D eigenvalue weighted by Crippen LogP contribution is -2.35. The van der Waals surface area contributed by atoms with Crippen LogP contribution in [0.25, 0.3) is 0 Å². The van der Waals surface area contributed by atoms with E-state index in [1.807, 2.05) is 0 Å². The number of hydrogen-bond donors (Lipinski definition) is 1. The van der Waals surface area contributed by atoms with Gasteiger partial charge in [0.25, 0.3) is 0 Å². The number of allylic oxidation sites excluding steroid dienone is 3. The first-order chi connectivity index (χ1) is 6.38. The minimum Gasteiger partial charge on any atom is -0.380 e. The van der Waals surface area contributed by atoms with E-state index in [1.165, 1.54) is 11.7 Å². The van der Waals surface area contributed by atoms with Gasteiger partial charge in [0.05, 0.1) is 0 Å². The van der Waals surface area contributed by atoms with Gasteiger partial charge in [-0.15, -0.1) is 0 Å². The van der Waals surface area contributed by atoms with E-state index in [9.17, 15) is 0 Å². The van der Waals surface area contributed by atoms with E-state index >= 15 is 0 Å². The van der Waals surface area contributed by atoms with Gasteiger partial charge in [0.1, 0.15) is 0 Å². The van der Waals surface area contributed by atoms with Gasteiger partial charge in [-0.1, -0.05) is 25.2 Å². The molecule has 14 heavy (non-hydrogen) atoms. The van der Waals surface area contributed by atoms with Crippen LogP contribution in [0, 0.1) is 0 Å². The Hall–Kier alpha value is -0.503. The van der Waals surface area contributed by atoms with E-state index < -0.39 is 8.80 Å². The van der Waals surface area contributed by atoms with E-state index in [4.69, 9.17) is 0 Å². The quantitative estimate of drug-likeness (QED) is 0.704. The first-order valence-electron chi connectivity index (χ1n) is 5.56. The van der Waals surface area contributed by atoms with Gasteiger partial charge in [-0.2, -0.15) is 0 Å². The standard InChI is InChI=1S/C12H23NSi/c1-12(2,3)13-11-8-6-7-10(11)9-14(4)5/h7-8,13-14H,6,9H2,1-5H3. The minimum absolute atomic E-state index is 0.188. The first-order valence-corrected chi connectivity index (χ1v) is 8.69. The van der Waals surface area contributed by atoms with Crippen molar-refractivity contribution in [1.82, 2.24) is 5.32 Å². The molecule has 80 valence electrons. The van der Waals surface area contributed by atoms with Crippen molar-refractivity contribution < 1.29 is 0 Å². The molecule has 0 aliphatic heterocycles. The minimum atomic E-state index is -0.479. The number of hydrogen-bond acceptors (Lipinski definition) is 1. The van der Waals surface area contributed by atoms with Crippen LogP contribution in [0.5, 0.6) is 0 Å². The maximum absolute atomic E-state index is 3.59. The molecule has 1 aliphatic carbocycles. The molecule has 0 bridgehead atoms. The molecule has 0 atom stereocenters. The Morgan fingerprint density at radius 1 is 1.29 bits per heavy atom. The normalized spacial score (nSPS) is 17.0. The Balaban J connectivity index is 2.59. The zero-order valence-electron chi connectivity index (χ0n) is 10.1. The lowest BCUT2D eigenvalue weighted by atomic mass is 10.1. The zero-order chi connectivity index (χ0) is 10.8. The van der Waals surface area contributed by atoms with E-state index in [0.29, 0.717) is 0 Å². The molecule has 0 saturated carbocycles. The predicted molar refractivity (Wildman–Crippen MR) is 67.4 cm³/mol. The molecule has 1 rings (SSSR count). The van der Waals surface area contributed by atoms with E-state index in [1.54, 1.807) is 5.57 Å². The molecule has 0 fully saturated rings. The summed E-state index contributed by atoms with van der Waals surface area (Å²) >= 11 is 0. The van der Waals surface area contributed by atoms with Crippen molar-refractivity contribution in [2.24, 2.45) is 0 Å². The lowest BCUT2D eigenvalue weighted by molar-refractivity contribution is 0.477. The summed E-state index contributed by atoms with van der Waals surface area (Å²) in [4.78, 5) is 0. The topological polar surface area (TPSA) is 12.0 Å². The molecule has 0 unspecified atom stereocenters. The van der Waals surface area contributed by atoms with Crippen molar-refractivity contribution in [3.05, 3.63) is 23.4 Å². The van der Waals surface area contributed by atoms with Crippen LogP contribution in [0.1, 0.15) is 27.2 Å². The van der Waals surface area contributed by atoms with Gasteiger partial charge in [0, 0.05) is 20.0 Å². The zero-order valence-corrected chi connectivity index (χ0v) is 11.3. The third-order valence-electron chi connectivity index (χ3n) is 2.17. The highest BCUT2D eigenvalue weighted by Crippen LogP contribution is 2.24. The van der Waals surface area contributed by atoms with Crippen LogP contribution in [0.3, 0.4) is 0 Å². The SMILES string of the molecule is C[SiH](C)CC1=CCC=C1NC(C)(C)C.